The van der Waals surface area contributed by atoms with E-state index in [2.05, 4.69) is 6.58 Å². The lowest BCUT2D eigenvalue weighted by Crippen LogP contribution is -2.27. The van der Waals surface area contributed by atoms with Gasteiger partial charge in [0.25, 0.3) is 5.91 Å². The van der Waals surface area contributed by atoms with E-state index in [4.69, 9.17) is 33.7 Å². The highest BCUT2D eigenvalue weighted by atomic mass is 35.5. The van der Waals surface area contributed by atoms with E-state index in [1.165, 1.54) is 16.7 Å². The SMILES string of the molecule is C=CCN1C(=O)/C(=C/c2cn(-c3ccccc3)nc2-c2ccc(OC)c(Cl)c2)SC1=S. The average Bonchev–Trinajstić information content (AvgIpc) is 3.31. The maximum absolute atomic E-state index is 12.8. The summed E-state index contributed by atoms with van der Waals surface area (Å²) in [5, 5.41) is 5.26. The van der Waals surface area contributed by atoms with Crippen molar-refractivity contribution in [2.24, 2.45) is 0 Å². The maximum atomic E-state index is 12.8. The van der Waals surface area contributed by atoms with Crippen LogP contribution in [0.4, 0.5) is 0 Å². The van der Waals surface area contributed by atoms with Gasteiger partial charge >= 0.3 is 0 Å². The molecule has 2 aromatic carbocycles. The molecule has 0 unspecified atom stereocenters. The van der Waals surface area contributed by atoms with Crippen molar-refractivity contribution in [3.05, 3.63) is 82.9 Å². The fourth-order valence-corrected chi connectivity index (χ4v) is 4.70. The summed E-state index contributed by atoms with van der Waals surface area (Å²) in [5.41, 5.74) is 3.20. The quantitative estimate of drug-likeness (QED) is 0.269. The Labute approximate surface area is 195 Å². The molecule has 31 heavy (non-hydrogen) atoms. The second-order valence-electron chi connectivity index (χ2n) is 6.64. The molecule has 4 rings (SSSR count). The van der Waals surface area contributed by atoms with Gasteiger partial charge in [0.05, 0.1) is 22.7 Å². The number of carbonyl (C=O) groups excluding carboxylic acids is 1. The molecule has 156 valence electrons. The number of ether oxygens (including phenoxy) is 1. The fourth-order valence-electron chi connectivity index (χ4n) is 3.17. The van der Waals surface area contributed by atoms with Gasteiger partial charge in [-0.2, -0.15) is 5.10 Å². The molecule has 0 radical (unpaired) electrons. The maximum Gasteiger partial charge on any atom is 0.266 e. The zero-order valence-electron chi connectivity index (χ0n) is 16.6. The Bertz CT molecular complexity index is 1200. The van der Waals surface area contributed by atoms with Crippen LogP contribution >= 0.6 is 35.6 Å². The third-order valence-corrected chi connectivity index (χ3v) is 6.33. The Kier molecular flexibility index (Phi) is 6.27. The Morgan fingerprint density at radius 1 is 1.26 bits per heavy atom. The van der Waals surface area contributed by atoms with Crippen molar-refractivity contribution in [1.82, 2.24) is 14.7 Å². The molecule has 0 saturated carbocycles. The number of rotatable bonds is 6. The van der Waals surface area contributed by atoms with Crippen molar-refractivity contribution >= 4 is 51.9 Å². The molecule has 0 aliphatic carbocycles. The van der Waals surface area contributed by atoms with Crippen LogP contribution in [0, 0.1) is 0 Å². The van der Waals surface area contributed by atoms with Crippen molar-refractivity contribution in [1.29, 1.82) is 0 Å². The summed E-state index contributed by atoms with van der Waals surface area (Å²) < 4.78 is 7.56. The number of amides is 1. The molecular formula is C23H18ClN3O2S2. The van der Waals surface area contributed by atoms with E-state index in [-0.39, 0.29) is 5.91 Å². The Morgan fingerprint density at radius 2 is 2.03 bits per heavy atom. The summed E-state index contributed by atoms with van der Waals surface area (Å²) in [6, 6.07) is 15.3. The molecule has 8 heteroatoms. The average molecular weight is 468 g/mol. The lowest BCUT2D eigenvalue weighted by atomic mass is 10.1. The lowest BCUT2D eigenvalue weighted by Gasteiger charge is -2.10. The highest BCUT2D eigenvalue weighted by Crippen LogP contribution is 2.36. The minimum Gasteiger partial charge on any atom is -0.495 e. The summed E-state index contributed by atoms with van der Waals surface area (Å²) in [7, 11) is 1.57. The van der Waals surface area contributed by atoms with E-state index in [9.17, 15) is 4.79 Å². The fraction of sp³-hybridized carbons (Fsp3) is 0.0870. The number of halogens is 1. The van der Waals surface area contributed by atoms with Crippen LogP contribution in [0.25, 0.3) is 23.0 Å². The second kappa shape index (κ2) is 9.09. The van der Waals surface area contributed by atoms with Gasteiger partial charge in [-0.25, -0.2) is 4.68 Å². The minimum absolute atomic E-state index is 0.138. The second-order valence-corrected chi connectivity index (χ2v) is 8.73. The van der Waals surface area contributed by atoms with Crippen LogP contribution in [0.3, 0.4) is 0 Å². The summed E-state index contributed by atoms with van der Waals surface area (Å²) >= 11 is 13.0. The summed E-state index contributed by atoms with van der Waals surface area (Å²) in [6.45, 7) is 4.08. The highest BCUT2D eigenvalue weighted by Gasteiger charge is 2.31. The van der Waals surface area contributed by atoms with Crippen molar-refractivity contribution < 1.29 is 9.53 Å². The number of benzene rings is 2. The van der Waals surface area contributed by atoms with Gasteiger partial charge < -0.3 is 4.74 Å². The molecular weight excluding hydrogens is 450 g/mol. The Hall–Kier alpha value is -2.87. The number of aromatic nitrogens is 2. The first kappa shape index (κ1) is 21.4. The predicted octanol–water partition coefficient (Wildman–Crippen LogP) is 5.59. The first-order chi connectivity index (χ1) is 15.0. The van der Waals surface area contributed by atoms with Crippen molar-refractivity contribution in [2.45, 2.75) is 0 Å². The molecule has 1 fully saturated rings. The molecule has 0 N–H and O–H groups in total. The molecule has 1 aliphatic rings. The summed E-state index contributed by atoms with van der Waals surface area (Å²) in [6.07, 6.45) is 5.37. The van der Waals surface area contributed by atoms with Crippen LogP contribution in [0.2, 0.25) is 5.02 Å². The number of para-hydroxylation sites is 1. The summed E-state index contributed by atoms with van der Waals surface area (Å²) in [5.74, 6) is 0.445. The van der Waals surface area contributed by atoms with E-state index >= 15 is 0 Å². The first-order valence-electron chi connectivity index (χ1n) is 9.37. The predicted molar refractivity (Wildman–Crippen MR) is 131 cm³/mol. The topological polar surface area (TPSA) is 47.4 Å². The van der Waals surface area contributed by atoms with Crippen molar-refractivity contribution in [3.63, 3.8) is 0 Å². The molecule has 0 bridgehead atoms. The first-order valence-corrected chi connectivity index (χ1v) is 11.0. The van der Waals surface area contributed by atoms with Gasteiger partial charge in [-0.1, -0.05) is 59.9 Å². The van der Waals surface area contributed by atoms with Gasteiger partial charge in [-0.05, 0) is 36.4 Å². The number of carbonyl (C=O) groups is 1. The molecule has 1 saturated heterocycles. The molecule has 0 atom stereocenters. The monoisotopic (exact) mass is 467 g/mol. The van der Waals surface area contributed by atoms with Gasteiger partial charge in [-0.3, -0.25) is 9.69 Å². The standard InChI is InChI=1S/C23H18ClN3O2S2/c1-3-11-26-22(28)20(31-23(26)30)13-16-14-27(17-7-5-4-6-8-17)25-21(16)15-9-10-19(29-2)18(24)12-15/h3-10,12-14H,1,11H2,2H3/b20-13-. The van der Waals surface area contributed by atoms with Gasteiger partial charge in [0.1, 0.15) is 15.8 Å². The molecule has 1 aliphatic heterocycles. The molecule has 3 aromatic rings. The van der Waals surface area contributed by atoms with Crippen LogP contribution in [0.1, 0.15) is 5.56 Å². The van der Waals surface area contributed by atoms with Crippen molar-refractivity contribution in [3.8, 4) is 22.7 Å². The van der Waals surface area contributed by atoms with E-state index in [0.29, 0.717) is 32.2 Å². The Balaban J connectivity index is 1.82. The van der Waals surface area contributed by atoms with E-state index in [1.807, 2.05) is 48.7 Å². The van der Waals surface area contributed by atoms with E-state index in [0.717, 1.165) is 16.8 Å². The highest BCUT2D eigenvalue weighted by molar-refractivity contribution is 8.26. The molecule has 0 spiro atoms. The smallest absolute Gasteiger partial charge is 0.266 e. The zero-order valence-corrected chi connectivity index (χ0v) is 19.0. The number of thioether (sulfide) groups is 1. The molecule has 2 heterocycles. The molecule has 5 nitrogen and oxygen atoms in total. The third-order valence-electron chi connectivity index (χ3n) is 4.66. The molecule has 1 amide bonds. The zero-order chi connectivity index (χ0) is 22.0. The van der Waals surface area contributed by atoms with E-state index in [1.54, 1.807) is 30.0 Å². The largest absolute Gasteiger partial charge is 0.495 e. The number of thiocarbonyl (C=S) groups is 1. The van der Waals surface area contributed by atoms with Gasteiger partial charge in [0.15, 0.2) is 0 Å². The van der Waals surface area contributed by atoms with E-state index < -0.39 is 0 Å². The summed E-state index contributed by atoms with van der Waals surface area (Å²) in [4.78, 5) is 14.9. The lowest BCUT2D eigenvalue weighted by molar-refractivity contribution is -0.121. The number of hydrogen-bond donors (Lipinski definition) is 0. The van der Waals surface area contributed by atoms with Crippen LogP contribution in [0.15, 0.2) is 72.3 Å². The van der Waals surface area contributed by atoms with Crippen molar-refractivity contribution in [2.75, 3.05) is 13.7 Å². The molecule has 1 aromatic heterocycles. The minimum atomic E-state index is -0.138. The van der Waals surface area contributed by atoms with Gasteiger partial charge in [-0.15, -0.1) is 6.58 Å². The van der Waals surface area contributed by atoms with Gasteiger partial charge in [0, 0.05) is 23.9 Å². The number of hydrogen-bond acceptors (Lipinski definition) is 5. The van der Waals surface area contributed by atoms with Gasteiger partial charge in [0.2, 0.25) is 0 Å². The third kappa shape index (κ3) is 4.30. The van der Waals surface area contributed by atoms with Crippen LogP contribution in [0.5, 0.6) is 5.75 Å². The number of nitrogens with zero attached hydrogens (tertiary/aromatic N) is 3. The van der Waals surface area contributed by atoms with Crippen LogP contribution < -0.4 is 4.74 Å². The van der Waals surface area contributed by atoms with Crippen LogP contribution in [-0.4, -0.2) is 38.6 Å². The van der Waals surface area contributed by atoms with Crippen LogP contribution in [-0.2, 0) is 4.79 Å². The Morgan fingerprint density at radius 3 is 2.71 bits per heavy atom. The number of methoxy groups -OCH3 is 1. The normalized spacial score (nSPS) is 15.0.